The van der Waals surface area contributed by atoms with E-state index in [4.69, 9.17) is 0 Å². The van der Waals surface area contributed by atoms with Gasteiger partial charge in [-0.05, 0) is 0 Å². The van der Waals surface area contributed by atoms with E-state index in [1.807, 2.05) is 5.38 Å². The molecule has 0 aliphatic heterocycles. The van der Waals surface area contributed by atoms with Crippen molar-refractivity contribution in [2.45, 2.75) is 0 Å². The second-order valence-corrected chi connectivity index (χ2v) is 3.89. The first-order valence-electron chi connectivity index (χ1n) is 4.05. The molecule has 3 heterocycles. The lowest BCUT2D eigenvalue weighted by Crippen LogP contribution is -2.11. The highest BCUT2D eigenvalue weighted by molar-refractivity contribution is 7.15. The molecule has 0 aromatic carbocycles. The number of hydrogen-bond acceptors (Lipinski definition) is 4. The Labute approximate surface area is 82.2 Å². The summed E-state index contributed by atoms with van der Waals surface area (Å²) in [6, 6.07) is 0. The minimum Gasteiger partial charge on any atom is -0.273 e. The minimum absolute atomic E-state index is 0.0562. The molecule has 6 heteroatoms. The third-order valence-corrected chi connectivity index (χ3v) is 2.81. The Bertz CT molecular complexity index is 677. The van der Waals surface area contributed by atoms with E-state index >= 15 is 0 Å². The summed E-state index contributed by atoms with van der Waals surface area (Å²) in [7, 11) is 1.78. The van der Waals surface area contributed by atoms with E-state index < -0.39 is 0 Å². The molecule has 70 valence electrons. The Morgan fingerprint density at radius 1 is 1.50 bits per heavy atom. The van der Waals surface area contributed by atoms with Crippen LogP contribution in [0.4, 0.5) is 0 Å². The van der Waals surface area contributed by atoms with Crippen molar-refractivity contribution in [2.75, 3.05) is 0 Å². The van der Waals surface area contributed by atoms with Crippen LogP contribution < -0.4 is 5.56 Å². The first kappa shape index (κ1) is 7.69. The average molecular weight is 206 g/mol. The van der Waals surface area contributed by atoms with Crippen molar-refractivity contribution >= 4 is 27.3 Å². The highest BCUT2D eigenvalue weighted by Crippen LogP contribution is 2.10. The maximum Gasteiger partial charge on any atom is 0.269 e. The van der Waals surface area contributed by atoms with Crippen molar-refractivity contribution in [2.24, 2.45) is 7.05 Å². The molecule has 0 N–H and O–H groups in total. The summed E-state index contributed by atoms with van der Waals surface area (Å²) >= 11 is 1.43. The van der Waals surface area contributed by atoms with Crippen molar-refractivity contribution in [1.29, 1.82) is 0 Å². The van der Waals surface area contributed by atoms with Crippen molar-refractivity contribution in [3.63, 3.8) is 0 Å². The summed E-state index contributed by atoms with van der Waals surface area (Å²) in [5.74, 6) is 0. The summed E-state index contributed by atoms with van der Waals surface area (Å²) in [6.45, 7) is 0. The quantitative estimate of drug-likeness (QED) is 0.542. The number of nitrogens with zero attached hydrogens (tertiary/aromatic N) is 4. The highest BCUT2D eigenvalue weighted by atomic mass is 32.1. The molecule has 0 aliphatic rings. The molecule has 0 saturated heterocycles. The number of aromatic nitrogens is 4. The van der Waals surface area contributed by atoms with Crippen molar-refractivity contribution in [3.8, 4) is 0 Å². The van der Waals surface area contributed by atoms with Gasteiger partial charge in [-0.1, -0.05) is 0 Å². The summed E-state index contributed by atoms with van der Waals surface area (Å²) in [4.78, 5) is 16.8. The lowest BCUT2D eigenvalue weighted by atomic mass is 10.4. The molecule has 3 aromatic rings. The fraction of sp³-hybridized carbons (Fsp3) is 0.125. The number of rotatable bonds is 0. The van der Waals surface area contributed by atoms with Crippen LogP contribution in [0.15, 0.2) is 22.6 Å². The second kappa shape index (κ2) is 2.42. The molecule has 14 heavy (non-hydrogen) atoms. The van der Waals surface area contributed by atoms with Crippen LogP contribution in [0.25, 0.3) is 16.0 Å². The Morgan fingerprint density at radius 3 is 3.21 bits per heavy atom. The molecule has 0 atom stereocenters. The zero-order chi connectivity index (χ0) is 9.71. The summed E-state index contributed by atoms with van der Waals surface area (Å²) in [5.41, 5.74) is 0.458. The number of fused-ring (bicyclic) bond motifs is 2. The molecule has 0 saturated carbocycles. The van der Waals surface area contributed by atoms with Gasteiger partial charge in [-0.2, -0.15) is 10.1 Å². The van der Waals surface area contributed by atoms with Crippen LogP contribution in [0.3, 0.4) is 0 Å². The number of thiazole rings is 1. The molecule has 0 radical (unpaired) electrons. The highest BCUT2D eigenvalue weighted by Gasteiger charge is 2.08. The van der Waals surface area contributed by atoms with Gasteiger partial charge in [0.2, 0.25) is 0 Å². The first-order valence-corrected chi connectivity index (χ1v) is 4.93. The molecule has 3 rings (SSSR count). The standard InChI is InChI=1S/C8H6N4OS/c1-11-4-5-6(10-11)9-8-12(7(5)13)2-3-14-8/h2-4H,1H3. The number of aryl methyl sites for hydroxylation is 1. The van der Waals surface area contributed by atoms with E-state index in [2.05, 4.69) is 10.1 Å². The van der Waals surface area contributed by atoms with Crippen LogP contribution >= 0.6 is 11.3 Å². The Balaban J connectivity index is 2.68. The molecular weight excluding hydrogens is 200 g/mol. The lowest BCUT2D eigenvalue weighted by Gasteiger charge is -1.89. The zero-order valence-electron chi connectivity index (χ0n) is 7.34. The lowest BCUT2D eigenvalue weighted by molar-refractivity contribution is 0.776. The largest absolute Gasteiger partial charge is 0.273 e. The Hall–Kier alpha value is -1.69. The minimum atomic E-state index is -0.0562. The first-order chi connectivity index (χ1) is 6.75. The maximum atomic E-state index is 11.8. The normalized spacial score (nSPS) is 11.5. The van der Waals surface area contributed by atoms with Gasteiger partial charge in [0.05, 0.1) is 0 Å². The van der Waals surface area contributed by atoms with E-state index in [-0.39, 0.29) is 5.56 Å². The van der Waals surface area contributed by atoms with Gasteiger partial charge < -0.3 is 0 Å². The fourth-order valence-electron chi connectivity index (χ4n) is 1.44. The van der Waals surface area contributed by atoms with Gasteiger partial charge in [-0.3, -0.25) is 13.9 Å². The van der Waals surface area contributed by atoms with Crippen LogP contribution in [-0.2, 0) is 7.05 Å². The van der Waals surface area contributed by atoms with Crippen LogP contribution in [-0.4, -0.2) is 19.2 Å². The van der Waals surface area contributed by atoms with Crippen molar-refractivity contribution < 1.29 is 0 Å². The van der Waals surface area contributed by atoms with Crippen molar-refractivity contribution in [3.05, 3.63) is 28.1 Å². The van der Waals surface area contributed by atoms with Gasteiger partial charge >= 0.3 is 0 Å². The SMILES string of the molecule is Cn1cc2c(=O)n3ccsc3nc2n1. The van der Waals surface area contributed by atoms with Crippen LogP contribution in [0, 0.1) is 0 Å². The molecule has 0 bridgehead atoms. The van der Waals surface area contributed by atoms with E-state index in [0.29, 0.717) is 16.0 Å². The molecule has 3 aromatic heterocycles. The Kier molecular flexibility index (Phi) is 1.33. The van der Waals surface area contributed by atoms with Gasteiger partial charge in [-0.15, -0.1) is 11.3 Å². The topological polar surface area (TPSA) is 52.2 Å². The molecule has 0 spiro atoms. The second-order valence-electron chi connectivity index (χ2n) is 3.01. The van der Waals surface area contributed by atoms with Crippen LogP contribution in [0.5, 0.6) is 0 Å². The molecule has 0 unspecified atom stereocenters. The average Bonchev–Trinajstić information content (AvgIpc) is 2.71. The van der Waals surface area contributed by atoms with Gasteiger partial charge in [0.1, 0.15) is 5.39 Å². The van der Waals surface area contributed by atoms with E-state index in [1.54, 1.807) is 24.1 Å². The van der Waals surface area contributed by atoms with Gasteiger partial charge in [-0.25, -0.2) is 0 Å². The number of hydrogen-bond donors (Lipinski definition) is 0. The fourth-order valence-corrected chi connectivity index (χ4v) is 2.14. The molecule has 0 amide bonds. The summed E-state index contributed by atoms with van der Waals surface area (Å²) in [5, 5.41) is 6.50. The maximum absolute atomic E-state index is 11.8. The smallest absolute Gasteiger partial charge is 0.269 e. The van der Waals surface area contributed by atoms with Gasteiger partial charge in [0, 0.05) is 24.8 Å². The Morgan fingerprint density at radius 2 is 2.36 bits per heavy atom. The zero-order valence-corrected chi connectivity index (χ0v) is 8.15. The van der Waals surface area contributed by atoms with Gasteiger partial charge in [0.15, 0.2) is 10.6 Å². The molecular formula is C8H6N4OS. The summed E-state index contributed by atoms with van der Waals surface area (Å²) in [6.07, 6.45) is 3.41. The molecule has 0 fully saturated rings. The van der Waals surface area contributed by atoms with E-state index in [9.17, 15) is 4.79 Å². The molecule has 5 nitrogen and oxygen atoms in total. The van der Waals surface area contributed by atoms with E-state index in [0.717, 1.165) is 0 Å². The predicted octanol–water partition coefficient (Wildman–Crippen LogP) is 0.643. The third-order valence-electron chi connectivity index (χ3n) is 2.05. The van der Waals surface area contributed by atoms with Gasteiger partial charge in [0.25, 0.3) is 5.56 Å². The van der Waals surface area contributed by atoms with E-state index in [1.165, 1.54) is 15.7 Å². The summed E-state index contributed by atoms with van der Waals surface area (Å²) < 4.78 is 3.14. The van der Waals surface area contributed by atoms with Crippen LogP contribution in [0.1, 0.15) is 0 Å². The van der Waals surface area contributed by atoms with Crippen molar-refractivity contribution in [1.82, 2.24) is 19.2 Å². The monoisotopic (exact) mass is 206 g/mol. The van der Waals surface area contributed by atoms with Crippen LogP contribution in [0.2, 0.25) is 0 Å². The predicted molar refractivity (Wildman–Crippen MR) is 53.6 cm³/mol. The third kappa shape index (κ3) is 0.856. The molecule has 0 aliphatic carbocycles.